The van der Waals surface area contributed by atoms with E-state index < -0.39 is 16.1 Å². The number of amides is 2. The molecule has 0 spiro atoms. The number of carbonyl (C=O) groups is 2. The van der Waals surface area contributed by atoms with Gasteiger partial charge in [-0.25, -0.2) is 4.99 Å². The predicted octanol–water partition coefficient (Wildman–Crippen LogP) is 4.21. The molecular weight excluding hydrogens is 444 g/mol. The third-order valence-electron chi connectivity index (χ3n) is 5.04. The molecule has 10 heteroatoms. The van der Waals surface area contributed by atoms with Gasteiger partial charge in [-0.1, -0.05) is 30.0 Å². The summed E-state index contributed by atoms with van der Waals surface area (Å²) in [6.45, 7) is 4.88. The average Bonchev–Trinajstić information content (AvgIpc) is 3.05. The Morgan fingerprint density at radius 2 is 2.06 bits per heavy atom. The number of amidine groups is 1. The van der Waals surface area contributed by atoms with Crippen molar-refractivity contribution in [3.8, 4) is 0 Å². The lowest BCUT2D eigenvalue weighted by molar-refractivity contribution is -0.384. The van der Waals surface area contributed by atoms with E-state index in [9.17, 15) is 19.7 Å². The predicted molar refractivity (Wildman–Crippen MR) is 129 cm³/mol. The van der Waals surface area contributed by atoms with Crippen LogP contribution < -0.4 is 5.32 Å². The van der Waals surface area contributed by atoms with Gasteiger partial charge < -0.3 is 10.1 Å². The first-order chi connectivity index (χ1) is 15.8. The second kappa shape index (κ2) is 11.1. The number of aryl methyl sites for hydroxylation is 2. The zero-order valence-corrected chi connectivity index (χ0v) is 19.6. The van der Waals surface area contributed by atoms with Crippen LogP contribution in [0.25, 0.3) is 0 Å². The Balaban J connectivity index is 1.77. The molecule has 1 heterocycles. The van der Waals surface area contributed by atoms with E-state index in [0.717, 1.165) is 16.8 Å². The number of non-ortho nitro benzene ring substituents is 1. The summed E-state index contributed by atoms with van der Waals surface area (Å²) in [5.74, 6) is -0.583. The van der Waals surface area contributed by atoms with Crippen molar-refractivity contribution in [3.63, 3.8) is 0 Å². The zero-order valence-electron chi connectivity index (χ0n) is 18.7. The Bertz CT molecular complexity index is 1090. The molecule has 1 unspecified atom stereocenters. The lowest BCUT2D eigenvalue weighted by Crippen LogP contribution is -2.34. The van der Waals surface area contributed by atoms with Crippen molar-refractivity contribution in [2.45, 2.75) is 31.9 Å². The summed E-state index contributed by atoms with van der Waals surface area (Å²) >= 11 is 1.26. The highest BCUT2D eigenvalue weighted by molar-refractivity contribution is 8.15. The molecule has 33 heavy (non-hydrogen) atoms. The number of rotatable bonds is 9. The number of hydrogen-bond acceptors (Lipinski definition) is 7. The highest BCUT2D eigenvalue weighted by Gasteiger charge is 2.39. The van der Waals surface area contributed by atoms with Crippen LogP contribution in [0, 0.1) is 24.0 Å². The van der Waals surface area contributed by atoms with E-state index in [1.807, 2.05) is 32.0 Å². The third kappa shape index (κ3) is 6.39. The second-order valence-electron chi connectivity index (χ2n) is 7.69. The highest BCUT2D eigenvalue weighted by Crippen LogP contribution is 2.33. The maximum absolute atomic E-state index is 13.1. The van der Waals surface area contributed by atoms with E-state index in [1.54, 1.807) is 18.1 Å². The van der Waals surface area contributed by atoms with Crippen LogP contribution in [0.5, 0.6) is 0 Å². The molecule has 2 amide bonds. The number of anilines is 1. The summed E-state index contributed by atoms with van der Waals surface area (Å²) in [5, 5.41) is 13.5. The van der Waals surface area contributed by atoms with E-state index in [2.05, 4.69) is 5.32 Å². The first-order valence-corrected chi connectivity index (χ1v) is 11.3. The molecule has 1 atom stereocenters. The number of ether oxygens (including phenoxy) is 1. The number of carbonyl (C=O) groups excluding carboxylic acids is 2. The van der Waals surface area contributed by atoms with E-state index in [1.165, 1.54) is 30.0 Å². The van der Waals surface area contributed by atoms with Gasteiger partial charge in [0.1, 0.15) is 5.25 Å². The Hall–Kier alpha value is -3.24. The van der Waals surface area contributed by atoms with Crippen LogP contribution in [0.2, 0.25) is 0 Å². The molecule has 0 saturated carbocycles. The van der Waals surface area contributed by atoms with Crippen molar-refractivity contribution in [3.05, 3.63) is 63.7 Å². The summed E-state index contributed by atoms with van der Waals surface area (Å²) in [6, 6.07) is 11.6. The number of nitrogens with zero attached hydrogens (tertiary/aromatic N) is 3. The summed E-state index contributed by atoms with van der Waals surface area (Å²) in [6.07, 6.45) is 0.569. The quantitative estimate of drug-likeness (QED) is 0.334. The van der Waals surface area contributed by atoms with Gasteiger partial charge >= 0.3 is 0 Å². The molecule has 1 fully saturated rings. The van der Waals surface area contributed by atoms with Crippen LogP contribution in [0.15, 0.2) is 47.5 Å². The largest absolute Gasteiger partial charge is 0.385 e. The van der Waals surface area contributed by atoms with Crippen molar-refractivity contribution in [2.75, 3.05) is 25.6 Å². The Morgan fingerprint density at radius 1 is 1.27 bits per heavy atom. The van der Waals surface area contributed by atoms with Gasteiger partial charge in [0.25, 0.3) is 5.69 Å². The number of benzene rings is 2. The first kappa shape index (κ1) is 24.4. The smallest absolute Gasteiger partial charge is 0.271 e. The second-order valence-corrected chi connectivity index (χ2v) is 8.86. The Kier molecular flexibility index (Phi) is 8.18. The van der Waals surface area contributed by atoms with Gasteiger partial charge in [-0.2, -0.15) is 0 Å². The molecule has 2 aromatic carbocycles. The van der Waals surface area contributed by atoms with Crippen molar-refractivity contribution < 1.29 is 19.2 Å². The van der Waals surface area contributed by atoms with Crippen molar-refractivity contribution >= 4 is 45.8 Å². The maximum Gasteiger partial charge on any atom is 0.271 e. The number of aliphatic imine (C=N–C) groups is 1. The van der Waals surface area contributed by atoms with Gasteiger partial charge in [0.05, 0.1) is 10.6 Å². The van der Waals surface area contributed by atoms with Crippen LogP contribution in [0.1, 0.15) is 24.0 Å². The molecule has 0 aromatic heterocycles. The first-order valence-electron chi connectivity index (χ1n) is 10.5. The van der Waals surface area contributed by atoms with Crippen molar-refractivity contribution in [1.29, 1.82) is 0 Å². The fourth-order valence-corrected chi connectivity index (χ4v) is 4.50. The number of nitro benzene ring substituents is 1. The summed E-state index contributed by atoms with van der Waals surface area (Å²) in [7, 11) is 1.60. The lowest BCUT2D eigenvalue weighted by atomic mass is 10.1. The molecule has 0 aliphatic carbocycles. The summed E-state index contributed by atoms with van der Waals surface area (Å²) in [4.78, 5) is 42.5. The molecule has 2 aromatic rings. The van der Waals surface area contributed by atoms with Gasteiger partial charge in [0.15, 0.2) is 5.17 Å². The van der Waals surface area contributed by atoms with Gasteiger partial charge in [-0.15, -0.1) is 0 Å². The number of thioether (sulfide) groups is 1. The lowest BCUT2D eigenvalue weighted by Gasteiger charge is -2.16. The molecule has 1 N–H and O–H groups in total. The molecule has 174 valence electrons. The summed E-state index contributed by atoms with van der Waals surface area (Å²) < 4.78 is 5.11. The molecular formula is C23H26N4O5S. The fraction of sp³-hybridized carbons (Fsp3) is 0.348. The van der Waals surface area contributed by atoms with Crippen LogP contribution in [-0.4, -0.2) is 52.3 Å². The minimum Gasteiger partial charge on any atom is -0.385 e. The minimum atomic E-state index is -0.630. The average molecular weight is 471 g/mol. The van der Waals surface area contributed by atoms with E-state index >= 15 is 0 Å². The Morgan fingerprint density at radius 3 is 2.79 bits per heavy atom. The number of methoxy groups -OCH3 is 1. The fourth-order valence-electron chi connectivity index (χ4n) is 3.32. The SMILES string of the molecule is COCCCN1C(=O)C(CC(=O)Nc2cccc([N+](=O)[O-])c2)SC1=Nc1cc(C)ccc1C. The van der Waals surface area contributed by atoms with Gasteiger partial charge in [0, 0.05) is 44.5 Å². The van der Waals surface area contributed by atoms with Gasteiger partial charge in [-0.05, 0) is 43.5 Å². The standard InChI is InChI=1S/C23H26N4O5S/c1-15-8-9-16(2)19(12-15)25-23-26(10-5-11-32-3)22(29)20(33-23)14-21(28)24-17-6-4-7-18(13-17)27(30)31/h4,6-9,12-13,20H,5,10-11,14H2,1-3H3,(H,24,28). The highest BCUT2D eigenvalue weighted by atomic mass is 32.2. The van der Waals surface area contributed by atoms with Crippen LogP contribution in [-0.2, 0) is 14.3 Å². The summed E-state index contributed by atoms with van der Waals surface area (Å²) in [5.41, 5.74) is 3.03. The molecule has 1 aliphatic rings. The molecule has 0 bridgehead atoms. The number of hydrogen-bond donors (Lipinski definition) is 1. The topological polar surface area (TPSA) is 114 Å². The van der Waals surface area contributed by atoms with E-state index in [-0.39, 0.29) is 18.0 Å². The Labute approximate surface area is 196 Å². The number of nitrogens with one attached hydrogen (secondary N) is 1. The number of nitro groups is 1. The molecule has 3 rings (SSSR count). The van der Waals surface area contributed by atoms with Crippen molar-refractivity contribution in [2.24, 2.45) is 4.99 Å². The normalized spacial score (nSPS) is 16.9. The van der Waals surface area contributed by atoms with Crippen molar-refractivity contribution in [1.82, 2.24) is 4.90 Å². The van der Waals surface area contributed by atoms with Crippen LogP contribution >= 0.6 is 11.8 Å². The molecule has 1 aliphatic heterocycles. The van der Waals surface area contributed by atoms with Gasteiger partial charge in [0.2, 0.25) is 11.8 Å². The zero-order chi connectivity index (χ0) is 24.0. The van der Waals surface area contributed by atoms with Crippen LogP contribution in [0.3, 0.4) is 0 Å². The van der Waals surface area contributed by atoms with E-state index in [0.29, 0.717) is 30.4 Å². The molecule has 1 saturated heterocycles. The monoisotopic (exact) mass is 470 g/mol. The van der Waals surface area contributed by atoms with Gasteiger partial charge in [-0.3, -0.25) is 24.6 Å². The third-order valence-corrected chi connectivity index (χ3v) is 6.22. The maximum atomic E-state index is 13.1. The van der Waals surface area contributed by atoms with Crippen LogP contribution in [0.4, 0.5) is 17.1 Å². The minimum absolute atomic E-state index is 0.0706. The molecule has 9 nitrogen and oxygen atoms in total. The molecule has 0 radical (unpaired) electrons. The van der Waals surface area contributed by atoms with E-state index in [4.69, 9.17) is 9.73 Å².